The van der Waals surface area contributed by atoms with Crippen molar-refractivity contribution in [2.45, 2.75) is 31.5 Å². The molecule has 0 radical (unpaired) electrons. The number of primary amides is 1. The average Bonchev–Trinajstić information content (AvgIpc) is 2.51. The van der Waals surface area contributed by atoms with Crippen molar-refractivity contribution < 1.29 is 4.79 Å². The molecule has 0 saturated carbocycles. The van der Waals surface area contributed by atoms with Gasteiger partial charge in [-0.3, -0.25) is 4.79 Å². The molecule has 6 nitrogen and oxygen atoms in total. The number of hydrogen-bond acceptors (Lipinski definition) is 5. The number of aromatic nitrogens is 4. The Balaban J connectivity index is 2.50. The highest BCUT2D eigenvalue weighted by molar-refractivity contribution is 7.99. The SMILES string of the molecule is CC(C)n1nnnc1SCCC(N)=O. The third-order valence-electron chi connectivity index (χ3n) is 1.53. The number of hydrogen-bond donors (Lipinski definition) is 1. The van der Waals surface area contributed by atoms with Crippen molar-refractivity contribution in [3.8, 4) is 0 Å². The van der Waals surface area contributed by atoms with Crippen molar-refractivity contribution in [2.24, 2.45) is 5.73 Å². The fourth-order valence-corrected chi connectivity index (χ4v) is 1.81. The summed E-state index contributed by atoms with van der Waals surface area (Å²) < 4.78 is 1.71. The van der Waals surface area contributed by atoms with E-state index in [-0.39, 0.29) is 11.9 Å². The fraction of sp³-hybridized carbons (Fsp3) is 0.714. The van der Waals surface area contributed by atoms with Gasteiger partial charge < -0.3 is 5.73 Å². The Kier molecular flexibility index (Phi) is 3.87. The molecule has 0 spiro atoms. The molecular formula is C7H13N5OS. The van der Waals surface area contributed by atoms with E-state index in [1.54, 1.807) is 4.68 Å². The van der Waals surface area contributed by atoms with Crippen molar-refractivity contribution in [2.75, 3.05) is 5.75 Å². The second kappa shape index (κ2) is 4.94. The van der Waals surface area contributed by atoms with Crippen LogP contribution in [0.5, 0.6) is 0 Å². The molecule has 1 aromatic heterocycles. The first kappa shape index (κ1) is 11.0. The molecule has 0 aliphatic heterocycles. The molecule has 0 atom stereocenters. The van der Waals surface area contributed by atoms with Crippen LogP contribution in [0.1, 0.15) is 26.3 Å². The van der Waals surface area contributed by atoms with Crippen LogP contribution in [0.15, 0.2) is 5.16 Å². The van der Waals surface area contributed by atoms with E-state index in [1.807, 2.05) is 13.8 Å². The van der Waals surface area contributed by atoms with Crippen molar-refractivity contribution in [1.82, 2.24) is 20.2 Å². The van der Waals surface area contributed by atoms with E-state index in [9.17, 15) is 4.79 Å². The summed E-state index contributed by atoms with van der Waals surface area (Å²) in [5.74, 6) is 0.309. The third kappa shape index (κ3) is 2.99. The van der Waals surface area contributed by atoms with Crippen LogP contribution < -0.4 is 5.73 Å². The van der Waals surface area contributed by atoms with Gasteiger partial charge in [-0.25, -0.2) is 4.68 Å². The molecule has 7 heteroatoms. The minimum Gasteiger partial charge on any atom is -0.370 e. The molecule has 1 aromatic rings. The molecule has 0 fully saturated rings. The molecule has 0 unspecified atom stereocenters. The summed E-state index contributed by atoms with van der Waals surface area (Å²) in [4.78, 5) is 10.5. The van der Waals surface area contributed by atoms with E-state index in [2.05, 4.69) is 15.5 Å². The van der Waals surface area contributed by atoms with E-state index in [4.69, 9.17) is 5.73 Å². The predicted octanol–water partition coefficient (Wildman–Crippen LogP) is 0.221. The highest BCUT2D eigenvalue weighted by Gasteiger charge is 2.09. The fourth-order valence-electron chi connectivity index (χ4n) is 0.848. The Morgan fingerprint density at radius 3 is 2.93 bits per heavy atom. The van der Waals surface area contributed by atoms with Crippen LogP contribution in [0.3, 0.4) is 0 Å². The van der Waals surface area contributed by atoms with Crippen LogP contribution in [0.25, 0.3) is 0 Å². The molecule has 0 aliphatic rings. The van der Waals surface area contributed by atoms with Gasteiger partial charge >= 0.3 is 0 Å². The summed E-state index contributed by atoms with van der Waals surface area (Å²) in [6.45, 7) is 3.99. The number of thioether (sulfide) groups is 1. The molecule has 1 rings (SSSR count). The lowest BCUT2D eigenvalue weighted by Crippen LogP contribution is -2.11. The summed E-state index contributed by atoms with van der Waals surface area (Å²) in [6, 6.07) is 0.223. The Morgan fingerprint density at radius 2 is 2.36 bits per heavy atom. The monoisotopic (exact) mass is 215 g/mol. The van der Waals surface area contributed by atoms with E-state index in [1.165, 1.54) is 11.8 Å². The van der Waals surface area contributed by atoms with E-state index >= 15 is 0 Å². The number of amides is 1. The Hall–Kier alpha value is -1.11. The number of tetrazole rings is 1. The minimum absolute atomic E-state index is 0.223. The van der Waals surface area contributed by atoms with Gasteiger partial charge in [-0.05, 0) is 24.3 Å². The normalized spacial score (nSPS) is 10.8. The molecular weight excluding hydrogens is 202 g/mol. The zero-order valence-corrected chi connectivity index (χ0v) is 8.99. The van der Waals surface area contributed by atoms with Crippen LogP contribution in [-0.2, 0) is 4.79 Å². The topological polar surface area (TPSA) is 86.7 Å². The van der Waals surface area contributed by atoms with Crippen LogP contribution >= 0.6 is 11.8 Å². The standard InChI is InChI=1S/C7H13N5OS/c1-5(2)12-7(9-10-11-12)14-4-3-6(8)13/h5H,3-4H2,1-2H3,(H2,8,13). The summed E-state index contributed by atoms with van der Waals surface area (Å²) in [5, 5.41) is 12.0. The maximum atomic E-state index is 10.5. The summed E-state index contributed by atoms with van der Waals surface area (Å²) in [5.41, 5.74) is 5.02. The molecule has 14 heavy (non-hydrogen) atoms. The number of carbonyl (C=O) groups excluding carboxylic acids is 1. The first-order chi connectivity index (χ1) is 6.61. The van der Waals surface area contributed by atoms with Crippen LogP contribution in [0.2, 0.25) is 0 Å². The average molecular weight is 215 g/mol. The van der Waals surface area contributed by atoms with Gasteiger partial charge in [0.25, 0.3) is 0 Å². The number of nitrogens with two attached hydrogens (primary N) is 1. The van der Waals surface area contributed by atoms with Gasteiger partial charge in [0.2, 0.25) is 11.1 Å². The van der Waals surface area contributed by atoms with Gasteiger partial charge in [-0.1, -0.05) is 11.8 Å². The number of nitrogens with zero attached hydrogens (tertiary/aromatic N) is 4. The van der Waals surface area contributed by atoms with Gasteiger partial charge in [-0.2, -0.15) is 0 Å². The third-order valence-corrected chi connectivity index (χ3v) is 2.47. The Bertz CT molecular complexity index is 311. The molecule has 78 valence electrons. The van der Waals surface area contributed by atoms with Gasteiger partial charge in [0.05, 0.1) is 6.04 Å². The van der Waals surface area contributed by atoms with Gasteiger partial charge in [0.1, 0.15) is 0 Å². The highest BCUT2D eigenvalue weighted by atomic mass is 32.2. The molecule has 1 heterocycles. The van der Waals surface area contributed by atoms with E-state index < -0.39 is 0 Å². The Labute approximate surface area is 86.2 Å². The molecule has 0 aliphatic carbocycles. The largest absolute Gasteiger partial charge is 0.370 e. The number of carbonyl (C=O) groups is 1. The van der Waals surface area contributed by atoms with Crippen molar-refractivity contribution >= 4 is 17.7 Å². The smallest absolute Gasteiger partial charge is 0.218 e. The summed E-state index contributed by atoms with van der Waals surface area (Å²) >= 11 is 1.44. The van der Waals surface area contributed by atoms with Crippen LogP contribution in [0, 0.1) is 0 Å². The molecule has 1 amide bonds. The Morgan fingerprint density at radius 1 is 1.64 bits per heavy atom. The summed E-state index contributed by atoms with van der Waals surface area (Å²) in [6.07, 6.45) is 0.343. The zero-order chi connectivity index (χ0) is 10.6. The second-order valence-electron chi connectivity index (χ2n) is 3.06. The van der Waals surface area contributed by atoms with Gasteiger partial charge in [0, 0.05) is 12.2 Å². The molecule has 0 aromatic carbocycles. The van der Waals surface area contributed by atoms with Crippen LogP contribution in [0.4, 0.5) is 0 Å². The zero-order valence-electron chi connectivity index (χ0n) is 8.17. The van der Waals surface area contributed by atoms with E-state index in [0.717, 1.165) is 5.16 Å². The second-order valence-corrected chi connectivity index (χ2v) is 4.13. The minimum atomic E-state index is -0.305. The first-order valence-corrected chi connectivity index (χ1v) is 5.28. The molecule has 2 N–H and O–H groups in total. The lowest BCUT2D eigenvalue weighted by atomic mass is 10.4. The number of rotatable bonds is 5. The van der Waals surface area contributed by atoms with Crippen molar-refractivity contribution in [3.05, 3.63) is 0 Å². The van der Waals surface area contributed by atoms with Gasteiger partial charge in [-0.15, -0.1) is 5.10 Å². The molecule has 0 bridgehead atoms. The van der Waals surface area contributed by atoms with E-state index in [0.29, 0.717) is 12.2 Å². The highest BCUT2D eigenvalue weighted by Crippen LogP contribution is 2.17. The maximum Gasteiger partial charge on any atom is 0.218 e. The van der Waals surface area contributed by atoms with Crippen LogP contribution in [-0.4, -0.2) is 31.9 Å². The lowest BCUT2D eigenvalue weighted by Gasteiger charge is -2.05. The maximum absolute atomic E-state index is 10.5. The predicted molar refractivity (Wildman–Crippen MR) is 52.7 cm³/mol. The van der Waals surface area contributed by atoms with Crippen molar-refractivity contribution in [3.63, 3.8) is 0 Å². The first-order valence-electron chi connectivity index (χ1n) is 4.30. The lowest BCUT2D eigenvalue weighted by molar-refractivity contribution is -0.117. The summed E-state index contributed by atoms with van der Waals surface area (Å²) in [7, 11) is 0. The van der Waals surface area contributed by atoms with Crippen molar-refractivity contribution in [1.29, 1.82) is 0 Å². The van der Waals surface area contributed by atoms with Gasteiger partial charge in [0.15, 0.2) is 0 Å². The molecule has 0 saturated heterocycles. The quantitative estimate of drug-likeness (QED) is 0.710.